The van der Waals surface area contributed by atoms with Crippen LogP contribution in [0.4, 0.5) is 0 Å². The molecule has 0 aliphatic carbocycles. The third kappa shape index (κ3) is 8.72. The summed E-state index contributed by atoms with van der Waals surface area (Å²) in [7, 11) is 0. The van der Waals surface area contributed by atoms with E-state index >= 15 is 0 Å². The number of hydrogen-bond acceptors (Lipinski definition) is 7. The van der Waals surface area contributed by atoms with E-state index in [-0.39, 0.29) is 18.3 Å². The fourth-order valence-corrected chi connectivity index (χ4v) is 4.21. The van der Waals surface area contributed by atoms with Crippen molar-refractivity contribution in [3.63, 3.8) is 0 Å². The van der Waals surface area contributed by atoms with Gasteiger partial charge in [0.1, 0.15) is 22.9 Å². The van der Waals surface area contributed by atoms with Crippen molar-refractivity contribution in [2.45, 2.75) is 52.8 Å². The van der Waals surface area contributed by atoms with E-state index in [4.69, 9.17) is 13.9 Å². The normalized spacial score (nSPS) is 11.5. The highest BCUT2D eigenvalue weighted by Gasteiger charge is 2.20. The molecular formula is C32H36N2O5. The molecule has 0 amide bonds. The Kier molecular flexibility index (Phi) is 9.04. The van der Waals surface area contributed by atoms with Crippen molar-refractivity contribution < 1.29 is 23.8 Å². The van der Waals surface area contributed by atoms with Gasteiger partial charge in [-0.3, -0.25) is 9.69 Å². The molecule has 204 valence electrons. The van der Waals surface area contributed by atoms with E-state index in [0.29, 0.717) is 32.0 Å². The summed E-state index contributed by atoms with van der Waals surface area (Å²) in [6.07, 6.45) is 0.623. The number of nitrogens with zero attached hydrogens (tertiary/aromatic N) is 2. The molecule has 0 bridgehead atoms. The highest BCUT2D eigenvalue weighted by molar-refractivity contribution is 5.72. The number of aromatic nitrogens is 1. The van der Waals surface area contributed by atoms with Gasteiger partial charge >= 0.3 is 5.97 Å². The molecule has 0 saturated heterocycles. The first-order valence-electron chi connectivity index (χ1n) is 13.1. The molecule has 7 nitrogen and oxygen atoms in total. The molecule has 4 aromatic rings. The zero-order valence-electron chi connectivity index (χ0n) is 23.0. The predicted molar refractivity (Wildman–Crippen MR) is 150 cm³/mol. The van der Waals surface area contributed by atoms with Crippen LogP contribution in [-0.2, 0) is 29.0 Å². The maximum absolute atomic E-state index is 12.6. The second kappa shape index (κ2) is 12.6. The third-order valence-electron chi connectivity index (χ3n) is 5.94. The number of rotatable bonds is 11. The van der Waals surface area contributed by atoms with Gasteiger partial charge in [-0.15, -0.1) is 0 Å². The first-order chi connectivity index (χ1) is 18.6. The van der Waals surface area contributed by atoms with E-state index in [0.717, 1.165) is 33.9 Å². The molecule has 0 saturated carbocycles. The smallest absolute Gasteiger partial charge is 0.320 e. The number of aryl methyl sites for hydroxylation is 1. The van der Waals surface area contributed by atoms with E-state index in [1.165, 1.54) is 0 Å². The van der Waals surface area contributed by atoms with Gasteiger partial charge in [-0.25, -0.2) is 4.98 Å². The molecule has 0 aliphatic heterocycles. The summed E-state index contributed by atoms with van der Waals surface area (Å²) in [5, 5.41) is 9.63. The summed E-state index contributed by atoms with van der Waals surface area (Å²) in [5.74, 6) is 2.08. The Bertz CT molecular complexity index is 1360. The minimum atomic E-state index is -0.556. The summed E-state index contributed by atoms with van der Waals surface area (Å²) in [6, 6.07) is 24.7. The molecule has 0 unspecified atom stereocenters. The minimum Gasteiger partial charge on any atom is -0.508 e. The van der Waals surface area contributed by atoms with Gasteiger partial charge in [0.15, 0.2) is 0 Å². The van der Waals surface area contributed by atoms with Crippen LogP contribution in [0.3, 0.4) is 0 Å². The van der Waals surface area contributed by atoms with Gasteiger partial charge < -0.3 is 19.0 Å². The number of oxazole rings is 1. The Labute approximate surface area is 230 Å². The van der Waals surface area contributed by atoms with Crippen molar-refractivity contribution in [2.24, 2.45) is 0 Å². The molecule has 1 N–H and O–H groups in total. The Morgan fingerprint density at radius 2 is 1.67 bits per heavy atom. The van der Waals surface area contributed by atoms with Crippen molar-refractivity contribution in [3.8, 4) is 23.0 Å². The number of carbonyl (C=O) groups excluding carboxylic acids is 1. The highest BCUT2D eigenvalue weighted by atomic mass is 16.6. The highest BCUT2D eigenvalue weighted by Crippen LogP contribution is 2.23. The average Bonchev–Trinajstić information content (AvgIpc) is 3.25. The van der Waals surface area contributed by atoms with Crippen molar-refractivity contribution >= 4 is 5.97 Å². The molecule has 4 rings (SSSR count). The third-order valence-corrected chi connectivity index (χ3v) is 5.94. The molecule has 0 radical (unpaired) electrons. The van der Waals surface area contributed by atoms with E-state index in [1.54, 1.807) is 12.1 Å². The van der Waals surface area contributed by atoms with Gasteiger partial charge in [0.05, 0.1) is 18.8 Å². The molecule has 1 aromatic heterocycles. The Morgan fingerprint density at radius 3 is 2.38 bits per heavy atom. The Hall–Kier alpha value is -4.10. The van der Waals surface area contributed by atoms with Crippen LogP contribution in [0.25, 0.3) is 11.5 Å². The molecule has 3 aromatic carbocycles. The van der Waals surface area contributed by atoms with Crippen LogP contribution in [0.5, 0.6) is 11.5 Å². The number of hydrogen-bond donors (Lipinski definition) is 1. The summed E-state index contributed by atoms with van der Waals surface area (Å²) in [4.78, 5) is 19.3. The van der Waals surface area contributed by atoms with Crippen molar-refractivity contribution in [2.75, 3.05) is 13.2 Å². The van der Waals surface area contributed by atoms with Crippen LogP contribution in [0, 0.1) is 6.92 Å². The van der Waals surface area contributed by atoms with E-state index in [2.05, 4.69) is 4.98 Å². The molecule has 1 heterocycles. The monoisotopic (exact) mass is 528 g/mol. The van der Waals surface area contributed by atoms with E-state index < -0.39 is 5.60 Å². The predicted octanol–water partition coefficient (Wildman–Crippen LogP) is 6.32. The topological polar surface area (TPSA) is 85.0 Å². The van der Waals surface area contributed by atoms with Crippen LogP contribution in [-0.4, -0.2) is 39.7 Å². The minimum absolute atomic E-state index is 0.137. The van der Waals surface area contributed by atoms with Gasteiger partial charge in [-0.05, 0) is 75.2 Å². The van der Waals surface area contributed by atoms with Crippen LogP contribution >= 0.6 is 0 Å². The molecule has 0 fully saturated rings. The van der Waals surface area contributed by atoms with Crippen LogP contribution in [0.1, 0.15) is 43.4 Å². The maximum Gasteiger partial charge on any atom is 0.320 e. The van der Waals surface area contributed by atoms with Crippen molar-refractivity contribution in [1.82, 2.24) is 9.88 Å². The van der Waals surface area contributed by atoms with Gasteiger partial charge in [0.2, 0.25) is 5.89 Å². The lowest BCUT2D eigenvalue weighted by molar-refractivity contribution is -0.156. The van der Waals surface area contributed by atoms with Gasteiger partial charge in [0.25, 0.3) is 0 Å². The zero-order valence-corrected chi connectivity index (χ0v) is 23.0. The van der Waals surface area contributed by atoms with Gasteiger partial charge in [0, 0.05) is 25.1 Å². The number of esters is 1. The maximum atomic E-state index is 12.6. The van der Waals surface area contributed by atoms with Crippen LogP contribution in [0.2, 0.25) is 0 Å². The number of aromatic hydroxyl groups is 1. The second-order valence-corrected chi connectivity index (χ2v) is 10.5. The van der Waals surface area contributed by atoms with Crippen molar-refractivity contribution in [3.05, 3.63) is 101 Å². The quantitative estimate of drug-likeness (QED) is 0.228. The lowest BCUT2D eigenvalue weighted by Crippen LogP contribution is -2.34. The number of ether oxygens (including phenoxy) is 2. The fourth-order valence-electron chi connectivity index (χ4n) is 4.21. The molecule has 7 heteroatoms. The molecule has 39 heavy (non-hydrogen) atoms. The largest absolute Gasteiger partial charge is 0.508 e. The van der Waals surface area contributed by atoms with Gasteiger partial charge in [-0.2, -0.15) is 0 Å². The van der Waals surface area contributed by atoms with E-state index in [9.17, 15) is 9.90 Å². The van der Waals surface area contributed by atoms with E-state index in [1.807, 2.05) is 99.3 Å². The Balaban J connectivity index is 1.39. The molecular weight excluding hydrogens is 492 g/mol. The number of carbonyl (C=O) groups is 1. The average molecular weight is 529 g/mol. The molecule has 0 aliphatic rings. The standard InChI is InChI=1S/C32H36N2O5/c1-23-29(33-31(38-23)26-10-6-5-7-11-26)17-18-37-28-12-8-9-25(19-28)21-34(22-30(36)39-32(2,3)4)20-24-13-15-27(35)16-14-24/h5-16,19,35H,17-18,20-22H2,1-4H3. The zero-order chi connectivity index (χ0) is 27.8. The number of phenolic OH excluding ortho intramolecular Hbond substituents is 1. The lowest BCUT2D eigenvalue weighted by Gasteiger charge is -2.25. The number of benzene rings is 3. The summed E-state index contributed by atoms with van der Waals surface area (Å²) >= 11 is 0. The number of phenols is 1. The van der Waals surface area contributed by atoms with Crippen molar-refractivity contribution in [1.29, 1.82) is 0 Å². The summed E-state index contributed by atoms with van der Waals surface area (Å²) in [6.45, 7) is 9.15. The molecule has 0 spiro atoms. The summed E-state index contributed by atoms with van der Waals surface area (Å²) < 4.78 is 17.5. The fraction of sp³-hybridized carbons (Fsp3) is 0.312. The lowest BCUT2D eigenvalue weighted by atomic mass is 10.1. The van der Waals surface area contributed by atoms with Gasteiger partial charge in [-0.1, -0.05) is 42.5 Å². The summed E-state index contributed by atoms with van der Waals surface area (Å²) in [5.41, 5.74) is 3.27. The first-order valence-corrected chi connectivity index (χ1v) is 13.1. The molecule has 0 atom stereocenters. The Morgan fingerprint density at radius 1 is 0.949 bits per heavy atom. The SMILES string of the molecule is Cc1oc(-c2ccccc2)nc1CCOc1cccc(CN(CC(=O)OC(C)(C)C)Cc2ccc(O)cc2)c1. The second-order valence-electron chi connectivity index (χ2n) is 10.5. The van der Waals surface area contributed by atoms with Crippen LogP contribution < -0.4 is 4.74 Å². The first kappa shape index (κ1) is 27.9. The van der Waals surface area contributed by atoms with Crippen LogP contribution in [0.15, 0.2) is 83.3 Å².